The normalized spacial score (nSPS) is 29.9. The molecule has 0 amide bonds. The second-order valence-electron chi connectivity index (χ2n) is 4.23. The van der Waals surface area contributed by atoms with E-state index in [2.05, 4.69) is 29.3 Å². The first-order chi connectivity index (χ1) is 6.75. The Hall–Kier alpha value is -0.800. The van der Waals surface area contributed by atoms with Crippen LogP contribution in [0.3, 0.4) is 0 Å². The van der Waals surface area contributed by atoms with E-state index in [-0.39, 0.29) is 0 Å². The summed E-state index contributed by atoms with van der Waals surface area (Å²) in [4.78, 5) is 2.45. The largest absolute Gasteiger partial charge is 0.372 e. The molecule has 0 saturated carbocycles. The van der Waals surface area contributed by atoms with E-state index in [1.54, 1.807) is 0 Å². The Kier molecular flexibility index (Phi) is 2.89. The van der Waals surface area contributed by atoms with Gasteiger partial charge in [-0.2, -0.15) is 0 Å². The lowest BCUT2D eigenvalue weighted by molar-refractivity contribution is 0.165. The fourth-order valence-electron chi connectivity index (χ4n) is 2.04. The lowest BCUT2D eigenvalue weighted by Crippen LogP contribution is -2.49. The zero-order valence-corrected chi connectivity index (χ0v) is 8.74. The molecule has 0 aromatic carbocycles. The average Bonchev–Trinajstić information content (AvgIpc) is 2.19. The molecular weight excluding hydrogens is 174 g/mol. The molecule has 2 aliphatic heterocycles. The van der Waals surface area contributed by atoms with Gasteiger partial charge in [-0.25, -0.2) is 0 Å². The number of piperidine rings is 1. The fourth-order valence-corrected chi connectivity index (χ4v) is 2.04. The highest BCUT2D eigenvalue weighted by molar-refractivity contribution is 5.22. The van der Waals surface area contributed by atoms with E-state index in [1.807, 2.05) is 6.20 Å². The van der Waals surface area contributed by atoms with Crippen molar-refractivity contribution in [2.45, 2.75) is 32.0 Å². The topological polar surface area (TPSA) is 41.3 Å². The molecule has 3 N–H and O–H groups in total. The zero-order valence-electron chi connectivity index (χ0n) is 8.74. The SMILES string of the molecule is CC1=CC(N2CCC(N)CC2)NC=C1. The second-order valence-corrected chi connectivity index (χ2v) is 4.23. The highest BCUT2D eigenvalue weighted by Crippen LogP contribution is 2.14. The first kappa shape index (κ1) is 9.74. The quantitative estimate of drug-likeness (QED) is 0.647. The fraction of sp³-hybridized carbons (Fsp3) is 0.636. The van der Waals surface area contributed by atoms with Crippen LogP contribution in [0.15, 0.2) is 23.9 Å². The summed E-state index contributed by atoms with van der Waals surface area (Å²) in [5, 5.41) is 3.36. The predicted molar refractivity (Wildman–Crippen MR) is 58.6 cm³/mol. The lowest BCUT2D eigenvalue weighted by atomic mass is 10.0. The molecule has 1 unspecified atom stereocenters. The van der Waals surface area contributed by atoms with E-state index in [4.69, 9.17) is 5.73 Å². The minimum absolute atomic E-state index is 0.382. The van der Waals surface area contributed by atoms with Crippen LogP contribution in [0, 0.1) is 0 Å². The van der Waals surface area contributed by atoms with Gasteiger partial charge in [0.25, 0.3) is 0 Å². The third-order valence-electron chi connectivity index (χ3n) is 3.00. The van der Waals surface area contributed by atoms with Crippen molar-refractivity contribution >= 4 is 0 Å². The molecule has 0 bridgehead atoms. The molecule has 0 spiro atoms. The van der Waals surface area contributed by atoms with Gasteiger partial charge in [0.1, 0.15) is 0 Å². The Balaban J connectivity index is 1.93. The van der Waals surface area contributed by atoms with Gasteiger partial charge < -0.3 is 11.1 Å². The maximum atomic E-state index is 5.88. The monoisotopic (exact) mass is 193 g/mol. The predicted octanol–water partition coefficient (Wildman–Crippen LogP) is 0.799. The van der Waals surface area contributed by atoms with Gasteiger partial charge in [-0.05, 0) is 38.1 Å². The Bertz CT molecular complexity index is 249. The first-order valence-corrected chi connectivity index (χ1v) is 5.36. The summed E-state index contributed by atoms with van der Waals surface area (Å²) >= 11 is 0. The summed E-state index contributed by atoms with van der Waals surface area (Å²) in [5.41, 5.74) is 7.21. The number of hydrogen-bond acceptors (Lipinski definition) is 3. The van der Waals surface area contributed by atoms with Crippen molar-refractivity contribution < 1.29 is 0 Å². The van der Waals surface area contributed by atoms with Crippen LogP contribution in [-0.4, -0.2) is 30.2 Å². The minimum Gasteiger partial charge on any atom is -0.372 e. The van der Waals surface area contributed by atoms with Crippen LogP contribution in [0.25, 0.3) is 0 Å². The number of nitrogens with one attached hydrogen (secondary N) is 1. The van der Waals surface area contributed by atoms with E-state index in [9.17, 15) is 0 Å². The van der Waals surface area contributed by atoms with Gasteiger partial charge >= 0.3 is 0 Å². The molecular formula is C11H19N3. The van der Waals surface area contributed by atoms with Crippen LogP contribution in [0.2, 0.25) is 0 Å². The van der Waals surface area contributed by atoms with E-state index >= 15 is 0 Å². The van der Waals surface area contributed by atoms with Gasteiger partial charge in [0.2, 0.25) is 0 Å². The summed E-state index contributed by atoms with van der Waals surface area (Å²) in [6.45, 7) is 4.35. The van der Waals surface area contributed by atoms with Crippen molar-refractivity contribution in [2.24, 2.45) is 5.73 Å². The first-order valence-electron chi connectivity index (χ1n) is 5.36. The van der Waals surface area contributed by atoms with Crippen molar-refractivity contribution in [2.75, 3.05) is 13.1 Å². The third kappa shape index (κ3) is 2.16. The van der Waals surface area contributed by atoms with E-state index < -0.39 is 0 Å². The number of hydrogen-bond donors (Lipinski definition) is 2. The molecule has 14 heavy (non-hydrogen) atoms. The highest BCUT2D eigenvalue weighted by atomic mass is 15.3. The average molecular weight is 193 g/mol. The molecule has 2 aliphatic rings. The zero-order chi connectivity index (χ0) is 9.97. The third-order valence-corrected chi connectivity index (χ3v) is 3.00. The van der Waals surface area contributed by atoms with Crippen molar-refractivity contribution in [1.82, 2.24) is 10.2 Å². The maximum Gasteiger partial charge on any atom is 0.0987 e. The molecule has 3 heteroatoms. The van der Waals surface area contributed by atoms with Crippen LogP contribution < -0.4 is 11.1 Å². The number of allylic oxidation sites excluding steroid dienone is 2. The molecule has 3 nitrogen and oxygen atoms in total. The van der Waals surface area contributed by atoms with Gasteiger partial charge in [-0.1, -0.05) is 5.57 Å². The Morgan fingerprint density at radius 2 is 2.14 bits per heavy atom. The minimum atomic E-state index is 0.382. The second kappa shape index (κ2) is 4.15. The Labute approximate surface area is 85.6 Å². The number of nitrogens with zero attached hydrogens (tertiary/aromatic N) is 1. The van der Waals surface area contributed by atoms with Gasteiger partial charge in [-0.3, -0.25) is 4.90 Å². The molecule has 0 aromatic heterocycles. The van der Waals surface area contributed by atoms with Crippen molar-refractivity contribution in [3.05, 3.63) is 23.9 Å². The Morgan fingerprint density at radius 3 is 2.79 bits per heavy atom. The van der Waals surface area contributed by atoms with Crippen LogP contribution in [0.5, 0.6) is 0 Å². The van der Waals surface area contributed by atoms with Crippen molar-refractivity contribution in [3.8, 4) is 0 Å². The van der Waals surface area contributed by atoms with Gasteiger partial charge in [-0.15, -0.1) is 0 Å². The van der Waals surface area contributed by atoms with E-state index in [1.165, 1.54) is 5.57 Å². The summed E-state index contributed by atoms with van der Waals surface area (Å²) in [5.74, 6) is 0. The number of nitrogens with two attached hydrogens (primary N) is 1. The smallest absolute Gasteiger partial charge is 0.0987 e. The van der Waals surface area contributed by atoms with Gasteiger partial charge in [0.05, 0.1) is 6.17 Å². The molecule has 1 atom stereocenters. The number of rotatable bonds is 1. The van der Waals surface area contributed by atoms with Crippen LogP contribution in [-0.2, 0) is 0 Å². The van der Waals surface area contributed by atoms with E-state index in [0.717, 1.165) is 25.9 Å². The molecule has 0 radical (unpaired) electrons. The molecule has 1 saturated heterocycles. The molecule has 0 aliphatic carbocycles. The highest BCUT2D eigenvalue weighted by Gasteiger charge is 2.21. The summed E-state index contributed by atoms with van der Waals surface area (Å²) in [7, 11) is 0. The van der Waals surface area contributed by atoms with E-state index in [0.29, 0.717) is 12.2 Å². The van der Waals surface area contributed by atoms with Crippen LogP contribution >= 0.6 is 0 Å². The summed E-state index contributed by atoms with van der Waals surface area (Å²) < 4.78 is 0. The van der Waals surface area contributed by atoms with Crippen LogP contribution in [0.4, 0.5) is 0 Å². The maximum absolute atomic E-state index is 5.88. The number of likely N-dealkylation sites (tertiary alicyclic amines) is 1. The molecule has 2 heterocycles. The Morgan fingerprint density at radius 1 is 1.43 bits per heavy atom. The summed E-state index contributed by atoms with van der Waals surface area (Å²) in [6, 6.07) is 0.412. The van der Waals surface area contributed by atoms with Crippen molar-refractivity contribution in [3.63, 3.8) is 0 Å². The van der Waals surface area contributed by atoms with Crippen molar-refractivity contribution in [1.29, 1.82) is 0 Å². The standard InChI is InChI=1S/C11H19N3/c1-9-2-5-13-11(8-9)14-6-3-10(12)4-7-14/h2,5,8,10-11,13H,3-4,6-7,12H2,1H3. The molecule has 0 aromatic rings. The van der Waals surface area contributed by atoms with Gasteiger partial charge in [0.15, 0.2) is 0 Å². The molecule has 78 valence electrons. The lowest BCUT2D eigenvalue weighted by Gasteiger charge is -2.36. The summed E-state index contributed by atoms with van der Waals surface area (Å²) in [6.07, 6.45) is 9.04. The molecule has 2 rings (SSSR count). The molecule has 1 fully saturated rings. The number of dihydropyridines is 1. The van der Waals surface area contributed by atoms with Gasteiger partial charge in [0, 0.05) is 19.1 Å². The van der Waals surface area contributed by atoms with Crippen LogP contribution in [0.1, 0.15) is 19.8 Å².